The van der Waals surface area contributed by atoms with Crippen molar-refractivity contribution in [2.24, 2.45) is 0 Å². The van der Waals surface area contributed by atoms with E-state index in [0.717, 1.165) is 10.9 Å². The van der Waals surface area contributed by atoms with Crippen LogP contribution in [0.5, 0.6) is 17.2 Å². The van der Waals surface area contributed by atoms with E-state index >= 15 is 0 Å². The van der Waals surface area contributed by atoms with Crippen LogP contribution in [-0.4, -0.2) is 48.3 Å². The maximum Gasteiger partial charge on any atom is 0.410 e. The number of carbonyl (C=O) groups is 1. The van der Waals surface area contributed by atoms with Crippen molar-refractivity contribution in [2.75, 3.05) is 32.0 Å². The molecule has 0 fully saturated rings. The number of benzene rings is 2. The number of amides is 1. The van der Waals surface area contributed by atoms with Crippen LogP contribution >= 0.6 is 0 Å². The van der Waals surface area contributed by atoms with Gasteiger partial charge >= 0.3 is 6.18 Å². The molecule has 3 aromatic rings. The van der Waals surface area contributed by atoms with Crippen molar-refractivity contribution in [3.63, 3.8) is 0 Å². The Hall–Kier alpha value is -3.93. The number of rotatable bonds is 7. The summed E-state index contributed by atoms with van der Waals surface area (Å²) < 4.78 is 59.1. The Morgan fingerprint density at radius 2 is 1.76 bits per heavy atom. The summed E-state index contributed by atoms with van der Waals surface area (Å²) in [6.07, 6.45) is -4.56. The smallest absolute Gasteiger partial charge is 0.410 e. The lowest BCUT2D eigenvalue weighted by atomic mass is 9.95. The fourth-order valence-electron chi connectivity index (χ4n) is 4.29. The Bertz CT molecular complexity index is 1250. The fraction of sp³-hybridized carbons (Fsp3) is 0.360. The number of halogens is 3. The van der Waals surface area contributed by atoms with E-state index in [9.17, 15) is 23.1 Å². The zero-order chi connectivity index (χ0) is 26.9. The molecule has 1 aliphatic heterocycles. The van der Waals surface area contributed by atoms with E-state index in [2.05, 4.69) is 15.7 Å². The minimum absolute atomic E-state index is 0.0500. The number of alkyl halides is 3. The lowest BCUT2D eigenvalue weighted by molar-refractivity contribution is -0.173. The highest BCUT2D eigenvalue weighted by molar-refractivity contribution is 6.07. The molecule has 0 radical (unpaired) electrons. The number of hydrogen-bond donors (Lipinski definition) is 3. The molecule has 2 aromatic carbocycles. The van der Waals surface area contributed by atoms with Crippen LogP contribution in [0, 0.1) is 0 Å². The summed E-state index contributed by atoms with van der Waals surface area (Å²) in [6.45, 7) is 1.61. The number of aliphatic hydroxyl groups excluding tert-OH is 1. The average molecular weight is 521 g/mol. The van der Waals surface area contributed by atoms with E-state index in [1.54, 1.807) is 43.3 Å². The summed E-state index contributed by atoms with van der Waals surface area (Å²) in [5.41, 5.74) is 1.48. The van der Waals surface area contributed by atoms with Gasteiger partial charge in [0.05, 0.1) is 39.7 Å². The molecule has 0 saturated carbocycles. The molecule has 2 heterocycles. The maximum atomic E-state index is 14.1. The molecule has 37 heavy (non-hydrogen) atoms. The SMILES string of the molecule is COc1cc([C@@H]2C[C@H](C(F)(F)F)n3ncc(C(=O)Nc4ccc([C@H](C)O)cc4)c3N2)cc(OC)c1OC. The van der Waals surface area contributed by atoms with Crippen molar-refractivity contribution in [1.29, 1.82) is 0 Å². The molecular weight excluding hydrogens is 493 g/mol. The Labute approximate surface area is 211 Å². The summed E-state index contributed by atoms with van der Waals surface area (Å²) >= 11 is 0. The highest BCUT2D eigenvalue weighted by atomic mass is 19.4. The summed E-state index contributed by atoms with van der Waals surface area (Å²) in [6, 6.07) is 6.81. The lowest BCUT2D eigenvalue weighted by Gasteiger charge is -2.34. The van der Waals surface area contributed by atoms with Crippen molar-refractivity contribution >= 4 is 17.4 Å². The molecule has 0 saturated heterocycles. The van der Waals surface area contributed by atoms with Gasteiger partial charge in [0.2, 0.25) is 5.75 Å². The summed E-state index contributed by atoms with van der Waals surface area (Å²) in [7, 11) is 4.26. The fourth-order valence-corrected chi connectivity index (χ4v) is 4.29. The Morgan fingerprint density at radius 1 is 1.14 bits per heavy atom. The minimum atomic E-state index is -4.62. The molecule has 3 N–H and O–H groups in total. The van der Waals surface area contributed by atoms with Crippen LogP contribution in [0.15, 0.2) is 42.6 Å². The van der Waals surface area contributed by atoms with Crippen molar-refractivity contribution in [2.45, 2.75) is 37.7 Å². The van der Waals surface area contributed by atoms with Gasteiger partial charge < -0.3 is 30.0 Å². The van der Waals surface area contributed by atoms with Crippen LogP contribution in [0.1, 0.15) is 53.0 Å². The molecule has 0 spiro atoms. The monoisotopic (exact) mass is 520 g/mol. The molecule has 0 aliphatic carbocycles. The highest BCUT2D eigenvalue weighted by Crippen LogP contribution is 2.47. The number of carbonyl (C=O) groups excluding carboxylic acids is 1. The molecule has 4 rings (SSSR count). The number of fused-ring (bicyclic) bond motifs is 1. The van der Waals surface area contributed by atoms with Gasteiger partial charge in [-0.2, -0.15) is 18.3 Å². The van der Waals surface area contributed by atoms with E-state index in [0.29, 0.717) is 34.1 Å². The zero-order valence-electron chi connectivity index (χ0n) is 20.6. The van der Waals surface area contributed by atoms with Gasteiger partial charge in [-0.15, -0.1) is 0 Å². The number of ether oxygens (including phenoxy) is 3. The molecule has 3 atom stereocenters. The normalized spacial score (nSPS) is 17.8. The number of aromatic nitrogens is 2. The molecular formula is C25H27F3N4O5. The van der Waals surface area contributed by atoms with Gasteiger partial charge in [-0.3, -0.25) is 4.79 Å². The Kier molecular flexibility index (Phi) is 7.21. The Morgan fingerprint density at radius 3 is 2.27 bits per heavy atom. The summed E-state index contributed by atoms with van der Waals surface area (Å²) in [5.74, 6) is 0.193. The van der Waals surface area contributed by atoms with Crippen LogP contribution in [0.25, 0.3) is 0 Å². The zero-order valence-corrected chi connectivity index (χ0v) is 20.6. The molecule has 1 amide bonds. The second kappa shape index (κ2) is 10.2. The van der Waals surface area contributed by atoms with Gasteiger partial charge in [-0.05, 0) is 42.3 Å². The van der Waals surface area contributed by atoms with E-state index < -0.39 is 30.3 Å². The number of hydrogen-bond acceptors (Lipinski definition) is 7. The minimum Gasteiger partial charge on any atom is -0.493 e. The van der Waals surface area contributed by atoms with E-state index in [-0.39, 0.29) is 17.8 Å². The van der Waals surface area contributed by atoms with Gasteiger partial charge in [0.25, 0.3) is 5.91 Å². The van der Waals surface area contributed by atoms with E-state index in [1.165, 1.54) is 21.3 Å². The second-order valence-electron chi connectivity index (χ2n) is 8.55. The number of anilines is 2. The van der Waals surface area contributed by atoms with Crippen molar-refractivity contribution < 1.29 is 37.3 Å². The van der Waals surface area contributed by atoms with Gasteiger partial charge in [0.15, 0.2) is 17.5 Å². The molecule has 0 unspecified atom stereocenters. The number of methoxy groups -OCH3 is 3. The van der Waals surface area contributed by atoms with Crippen molar-refractivity contribution in [3.05, 3.63) is 59.3 Å². The molecule has 1 aliphatic rings. The third kappa shape index (κ3) is 5.15. The van der Waals surface area contributed by atoms with Crippen molar-refractivity contribution in [1.82, 2.24) is 9.78 Å². The summed E-state index contributed by atoms with van der Waals surface area (Å²) in [4.78, 5) is 13.1. The lowest BCUT2D eigenvalue weighted by Crippen LogP contribution is -2.36. The van der Waals surface area contributed by atoms with Gasteiger partial charge in [-0.1, -0.05) is 12.1 Å². The molecule has 198 valence electrons. The van der Waals surface area contributed by atoms with Crippen molar-refractivity contribution in [3.8, 4) is 17.2 Å². The molecule has 1 aromatic heterocycles. The maximum absolute atomic E-state index is 14.1. The quantitative estimate of drug-likeness (QED) is 0.408. The largest absolute Gasteiger partial charge is 0.493 e. The molecule has 0 bridgehead atoms. The predicted molar refractivity (Wildman–Crippen MR) is 129 cm³/mol. The van der Waals surface area contributed by atoms with Crippen LogP contribution in [-0.2, 0) is 0 Å². The third-order valence-corrected chi connectivity index (χ3v) is 6.22. The van der Waals surface area contributed by atoms with E-state index in [4.69, 9.17) is 14.2 Å². The van der Waals surface area contributed by atoms with Gasteiger partial charge in [-0.25, -0.2) is 4.68 Å². The van der Waals surface area contributed by atoms with Gasteiger partial charge in [0, 0.05) is 12.1 Å². The van der Waals surface area contributed by atoms with Crippen LogP contribution in [0.3, 0.4) is 0 Å². The standard InChI is InChI=1S/C25H27F3N4O5/c1-13(33)14-5-7-16(8-6-14)30-24(34)17-12-29-32-21(25(26,27)28)11-18(31-23(17)32)15-9-19(35-2)22(37-4)20(10-15)36-3/h5-10,12-13,18,21,31,33H,11H2,1-4H3,(H,30,34)/t13-,18-,21+/m0/s1. The molecule has 9 nitrogen and oxygen atoms in total. The second-order valence-corrected chi connectivity index (χ2v) is 8.55. The first-order chi connectivity index (χ1) is 17.6. The topological polar surface area (TPSA) is 107 Å². The van der Waals surface area contributed by atoms with Crippen LogP contribution < -0.4 is 24.8 Å². The van der Waals surface area contributed by atoms with Gasteiger partial charge in [0.1, 0.15) is 11.4 Å². The Balaban J connectivity index is 1.70. The number of nitrogens with zero attached hydrogens (tertiary/aromatic N) is 2. The van der Waals surface area contributed by atoms with Crippen LogP contribution in [0.2, 0.25) is 0 Å². The first kappa shape index (κ1) is 26.1. The first-order valence-electron chi connectivity index (χ1n) is 11.4. The first-order valence-corrected chi connectivity index (χ1v) is 11.4. The highest BCUT2D eigenvalue weighted by Gasteiger charge is 2.47. The number of nitrogens with one attached hydrogen (secondary N) is 2. The number of aliphatic hydroxyl groups is 1. The van der Waals surface area contributed by atoms with E-state index in [1.807, 2.05) is 0 Å². The molecule has 12 heteroatoms. The van der Waals surface area contributed by atoms with Crippen LogP contribution in [0.4, 0.5) is 24.7 Å². The summed E-state index contributed by atoms with van der Waals surface area (Å²) in [5, 5.41) is 19.3. The average Bonchev–Trinajstić information content (AvgIpc) is 3.31. The predicted octanol–water partition coefficient (Wildman–Crippen LogP) is 4.87. The third-order valence-electron chi connectivity index (χ3n) is 6.22.